The van der Waals surface area contributed by atoms with Crippen LogP contribution in [0, 0.1) is 12.7 Å². The van der Waals surface area contributed by atoms with Crippen LogP contribution in [0.15, 0.2) is 47.4 Å². The largest absolute Gasteiger partial charge is 0.322 e. The van der Waals surface area contributed by atoms with Crippen molar-refractivity contribution >= 4 is 21.6 Å². The lowest BCUT2D eigenvalue weighted by Gasteiger charge is -2.13. The summed E-state index contributed by atoms with van der Waals surface area (Å²) in [5.74, 6) is -0.968. The fourth-order valence-corrected chi connectivity index (χ4v) is 2.88. The van der Waals surface area contributed by atoms with Gasteiger partial charge in [-0.3, -0.25) is 4.79 Å². The standard InChI is InChI=1S/C16H17FN2O3S/c1-11-7-8-13(17)10-15(11)18-16(20)12-5-4-6-14(9-12)23(21,22)19(2)3/h4-10H,1-3H3,(H,18,20). The quantitative estimate of drug-likeness (QED) is 0.933. The number of rotatable bonds is 4. The summed E-state index contributed by atoms with van der Waals surface area (Å²) in [7, 11) is -0.798. The zero-order valence-electron chi connectivity index (χ0n) is 13.0. The Hall–Kier alpha value is -2.25. The maximum absolute atomic E-state index is 13.3. The van der Waals surface area contributed by atoms with Crippen molar-refractivity contribution in [2.75, 3.05) is 19.4 Å². The van der Waals surface area contributed by atoms with E-state index >= 15 is 0 Å². The van der Waals surface area contributed by atoms with Gasteiger partial charge in [-0.25, -0.2) is 17.1 Å². The lowest BCUT2D eigenvalue weighted by molar-refractivity contribution is 0.102. The van der Waals surface area contributed by atoms with E-state index in [1.165, 1.54) is 50.5 Å². The molecule has 0 aliphatic rings. The van der Waals surface area contributed by atoms with Crippen molar-refractivity contribution < 1.29 is 17.6 Å². The number of hydrogen-bond donors (Lipinski definition) is 1. The molecule has 2 rings (SSSR count). The van der Waals surface area contributed by atoms with Crippen molar-refractivity contribution in [2.45, 2.75) is 11.8 Å². The van der Waals surface area contributed by atoms with E-state index in [-0.39, 0.29) is 10.5 Å². The highest BCUT2D eigenvalue weighted by Crippen LogP contribution is 2.19. The third-order valence-corrected chi connectivity index (χ3v) is 5.13. The van der Waals surface area contributed by atoms with Crippen LogP contribution in [-0.4, -0.2) is 32.7 Å². The van der Waals surface area contributed by atoms with Crippen LogP contribution in [0.1, 0.15) is 15.9 Å². The van der Waals surface area contributed by atoms with Gasteiger partial charge in [0, 0.05) is 25.3 Å². The molecule has 2 aromatic carbocycles. The number of carbonyl (C=O) groups excluding carboxylic acids is 1. The van der Waals surface area contributed by atoms with Crippen molar-refractivity contribution in [3.05, 3.63) is 59.4 Å². The van der Waals surface area contributed by atoms with Gasteiger partial charge in [-0.15, -0.1) is 0 Å². The Kier molecular flexibility index (Phi) is 4.82. The van der Waals surface area contributed by atoms with E-state index in [1.807, 2.05) is 0 Å². The molecule has 2 aromatic rings. The molecule has 0 fully saturated rings. The Morgan fingerprint density at radius 3 is 2.48 bits per heavy atom. The molecule has 0 aliphatic heterocycles. The number of nitrogens with one attached hydrogen (secondary N) is 1. The number of amides is 1. The first-order valence-electron chi connectivity index (χ1n) is 6.82. The minimum Gasteiger partial charge on any atom is -0.322 e. The molecule has 0 unspecified atom stereocenters. The van der Waals surface area contributed by atoms with Crippen molar-refractivity contribution in [1.29, 1.82) is 0 Å². The molecule has 1 amide bonds. The van der Waals surface area contributed by atoms with E-state index in [0.29, 0.717) is 11.3 Å². The van der Waals surface area contributed by atoms with Gasteiger partial charge < -0.3 is 5.32 Å². The molecule has 0 spiro atoms. The monoisotopic (exact) mass is 336 g/mol. The first kappa shape index (κ1) is 17.1. The molecule has 0 bridgehead atoms. The van der Waals surface area contributed by atoms with Crippen LogP contribution < -0.4 is 5.32 Å². The molecular formula is C16H17FN2O3S. The minimum absolute atomic E-state index is 0.0196. The first-order chi connectivity index (χ1) is 10.7. The smallest absolute Gasteiger partial charge is 0.255 e. The Bertz CT molecular complexity index is 848. The second-order valence-corrected chi connectivity index (χ2v) is 7.38. The second-order valence-electron chi connectivity index (χ2n) is 5.23. The summed E-state index contributed by atoms with van der Waals surface area (Å²) in [5, 5.41) is 2.59. The third-order valence-electron chi connectivity index (χ3n) is 3.32. The average molecular weight is 336 g/mol. The van der Waals surface area contributed by atoms with E-state index in [0.717, 1.165) is 4.31 Å². The Morgan fingerprint density at radius 1 is 1.13 bits per heavy atom. The number of carbonyl (C=O) groups is 1. The summed E-state index contributed by atoms with van der Waals surface area (Å²) < 4.78 is 38.6. The van der Waals surface area contributed by atoms with E-state index in [1.54, 1.807) is 13.0 Å². The van der Waals surface area contributed by atoms with Gasteiger partial charge in [0.25, 0.3) is 5.91 Å². The Morgan fingerprint density at radius 2 is 1.83 bits per heavy atom. The highest BCUT2D eigenvalue weighted by molar-refractivity contribution is 7.89. The van der Waals surface area contributed by atoms with Crippen LogP contribution in [0.2, 0.25) is 0 Å². The molecule has 0 radical (unpaired) electrons. The average Bonchev–Trinajstić information content (AvgIpc) is 2.50. The van der Waals surface area contributed by atoms with Gasteiger partial charge in [0.15, 0.2) is 0 Å². The normalized spacial score (nSPS) is 11.5. The number of halogens is 1. The van der Waals surface area contributed by atoms with Crippen LogP contribution in [0.4, 0.5) is 10.1 Å². The summed E-state index contributed by atoms with van der Waals surface area (Å²) in [6, 6.07) is 9.77. The summed E-state index contributed by atoms with van der Waals surface area (Å²) in [4.78, 5) is 12.3. The molecule has 7 heteroatoms. The molecular weight excluding hydrogens is 319 g/mol. The zero-order chi connectivity index (χ0) is 17.2. The van der Waals surface area contributed by atoms with Gasteiger partial charge in [0.1, 0.15) is 5.82 Å². The molecule has 1 N–H and O–H groups in total. The van der Waals surface area contributed by atoms with Gasteiger partial charge >= 0.3 is 0 Å². The number of anilines is 1. The molecule has 5 nitrogen and oxygen atoms in total. The fourth-order valence-electron chi connectivity index (χ4n) is 1.93. The zero-order valence-corrected chi connectivity index (χ0v) is 13.8. The van der Waals surface area contributed by atoms with Gasteiger partial charge in [0.05, 0.1) is 4.90 Å². The SMILES string of the molecule is Cc1ccc(F)cc1NC(=O)c1cccc(S(=O)(=O)N(C)C)c1. The van der Waals surface area contributed by atoms with Gasteiger partial charge in [-0.2, -0.15) is 0 Å². The van der Waals surface area contributed by atoms with E-state index in [9.17, 15) is 17.6 Å². The van der Waals surface area contributed by atoms with E-state index in [2.05, 4.69) is 5.32 Å². The molecule has 0 saturated carbocycles. The fraction of sp³-hybridized carbons (Fsp3) is 0.188. The summed E-state index contributed by atoms with van der Waals surface area (Å²) in [6.07, 6.45) is 0. The van der Waals surface area contributed by atoms with Crippen molar-refractivity contribution in [1.82, 2.24) is 4.31 Å². The summed E-state index contributed by atoms with van der Waals surface area (Å²) in [5.41, 5.74) is 1.23. The Balaban J connectivity index is 2.32. The summed E-state index contributed by atoms with van der Waals surface area (Å²) in [6.45, 7) is 1.74. The topological polar surface area (TPSA) is 66.5 Å². The second kappa shape index (κ2) is 6.47. The maximum Gasteiger partial charge on any atom is 0.255 e. The molecule has 0 saturated heterocycles. The van der Waals surface area contributed by atoms with Crippen LogP contribution in [-0.2, 0) is 10.0 Å². The third kappa shape index (κ3) is 3.75. The van der Waals surface area contributed by atoms with Gasteiger partial charge in [-0.05, 0) is 42.8 Å². The molecule has 0 aromatic heterocycles. The first-order valence-corrected chi connectivity index (χ1v) is 8.26. The highest BCUT2D eigenvalue weighted by Gasteiger charge is 2.19. The van der Waals surface area contributed by atoms with Crippen molar-refractivity contribution in [3.8, 4) is 0 Å². The van der Waals surface area contributed by atoms with Crippen LogP contribution >= 0.6 is 0 Å². The highest BCUT2D eigenvalue weighted by atomic mass is 32.2. The number of nitrogens with zero attached hydrogens (tertiary/aromatic N) is 1. The van der Waals surface area contributed by atoms with Crippen molar-refractivity contribution in [3.63, 3.8) is 0 Å². The van der Waals surface area contributed by atoms with Crippen LogP contribution in [0.25, 0.3) is 0 Å². The van der Waals surface area contributed by atoms with Crippen LogP contribution in [0.3, 0.4) is 0 Å². The molecule has 0 atom stereocenters. The number of sulfonamides is 1. The number of hydrogen-bond acceptors (Lipinski definition) is 3. The molecule has 23 heavy (non-hydrogen) atoms. The maximum atomic E-state index is 13.3. The lowest BCUT2D eigenvalue weighted by Crippen LogP contribution is -2.22. The number of aryl methyl sites for hydroxylation is 1. The Labute approximate surface area is 134 Å². The molecule has 0 heterocycles. The predicted octanol–water partition coefficient (Wildman–Crippen LogP) is 2.64. The predicted molar refractivity (Wildman–Crippen MR) is 86.4 cm³/mol. The van der Waals surface area contributed by atoms with Gasteiger partial charge in [0.2, 0.25) is 10.0 Å². The molecule has 122 valence electrons. The van der Waals surface area contributed by atoms with Gasteiger partial charge in [-0.1, -0.05) is 12.1 Å². The lowest BCUT2D eigenvalue weighted by atomic mass is 10.1. The van der Waals surface area contributed by atoms with E-state index < -0.39 is 21.7 Å². The minimum atomic E-state index is -3.63. The number of benzene rings is 2. The molecule has 0 aliphatic carbocycles. The van der Waals surface area contributed by atoms with Crippen molar-refractivity contribution in [2.24, 2.45) is 0 Å². The van der Waals surface area contributed by atoms with Crippen LogP contribution in [0.5, 0.6) is 0 Å². The van der Waals surface area contributed by atoms with E-state index in [4.69, 9.17) is 0 Å². The summed E-state index contributed by atoms with van der Waals surface area (Å²) >= 11 is 0.